The van der Waals surface area contributed by atoms with Crippen molar-refractivity contribution in [1.29, 1.82) is 0 Å². The van der Waals surface area contributed by atoms with E-state index >= 15 is 0 Å². The molecule has 1 amide bonds. The summed E-state index contributed by atoms with van der Waals surface area (Å²) in [5.74, 6) is -3.33. The molecule has 1 atom stereocenters. The number of carboxylic acids is 3. The van der Waals surface area contributed by atoms with Crippen LogP contribution in [0.3, 0.4) is 0 Å². The number of hydrogen-bond acceptors (Lipinski definition) is 10. The van der Waals surface area contributed by atoms with Gasteiger partial charge in [-0.05, 0) is 18.4 Å². The Kier molecular flexibility index (Phi) is 16.6. The molecule has 1 fully saturated rings. The molecule has 1 aromatic carbocycles. The van der Waals surface area contributed by atoms with Crippen molar-refractivity contribution in [3.05, 3.63) is 35.9 Å². The van der Waals surface area contributed by atoms with Gasteiger partial charge in [0.05, 0.1) is 32.8 Å². The van der Waals surface area contributed by atoms with Gasteiger partial charge in [0.1, 0.15) is 6.04 Å². The number of unbranched alkanes of at least 4 members (excludes halogenated alkanes) is 1. The molecule has 1 aliphatic heterocycles. The summed E-state index contributed by atoms with van der Waals surface area (Å²) in [4.78, 5) is 55.0. The number of nitrogens with zero attached hydrogens (tertiary/aromatic N) is 4. The lowest BCUT2D eigenvalue weighted by atomic mass is 10.2. The third-order valence-corrected chi connectivity index (χ3v) is 6.96. The molecule has 0 radical (unpaired) electrons. The topological polar surface area (TPSA) is 183 Å². The van der Waals surface area contributed by atoms with Crippen molar-refractivity contribution < 1.29 is 44.3 Å². The van der Waals surface area contributed by atoms with Gasteiger partial charge in [0.2, 0.25) is 5.91 Å². The zero-order chi connectivity index (χ0) is 30.7. The Hall–Kier alpha value is -3.14. The second-order valence-electron chi connectivity index (χ2n) is 10.3. The van der Waals surface area contributed by atoms with Crippen molar-refractivity contribution in [2.45, 2.75) is 25.5 Å². The van der Waals surface area contributed by atoms with E-state index in [0.29, 0.717) is 52.2 Å². The van der Waals surface area contributed by atoms with E-state index in [1.54, 1.807) is 14.7 Å². The summed E-state index contributed by atoms with van der Waals surface area (Å²) >= 11 is 0. The molecule has 5 N–H and O–H groups in total. The Morgan fingerprint density at radius 3 is 1.67 bits per heavy atom. The van der Waals surface area contributed by atoms with Crippen molar-refractivity contribution in [3.8, 4) is 0 Å². The number of ether oxygens (including phenoxy) is 1. The molecule has 1 heterocycles. The number of carbonyl (C=O) groups excluding carboxylic acids is 1. The normalized spacial score (nSPS) is 17.5. The molecule has 0 bridgehead atoms. The Labute approximate surface area is 246 Å². The van der Waals surface area contributed by atoms with Crippen molar-refractivity contribution >= 4 is 23.8 Å². The number of carbonyl (C=O) groups is 4. The van der Waals surface area contributed by atoms with E-state index in [2.05, 4.69) is 5.32 Å². The molecule has 236 valence electrons. The van der Waals surface area contributed by atoms with Gasteiger partial charge in [0, 0.05) is 65.5 Å². The van der Waals surface area contributed by atoms with Gasteiger partial charge < -0.3 is 30.5 Å². The molecule has 14 heteroatoms. The van der Waals surface area contributed by atoms with Crippen LogP contribution in [0, 0.1) is 0 Å². The average Bonchev–Trinajstić information content (AvgIpc) is 2.93. The Morgan fingerprint density at radius 2 is 1.21 bits per heavy atom. The molecule has 14 nitrogen and oxygen atoms in total. The summed E-state index contributed by atoms with van der Waals surface area (Å²) in [6, 6.07) is 8.80. The number of hydrogen-bond donors (Lipinski definition) is 5. The molecule has 1 aliphatic rings. The van der Waals surface area contributed by atoms with Gasteiger partial charge in [-0.1, -0.05) is 30.3 Å². The Bertz CT molecular complexity index is 936. The van der Waals surface area contributed by atoms with Gasteiger partial charge >= 0.3 is 17.9 Å². The van der Waals surface area contributed by atoms with Crippen LogP contribution >= 0.6 is 0 Å². The Morgan fingerprint density at radius 1 is 0.738 bits per heavy atom. The lowest BCUT2D eigenvalue weighted by Crippen LogP contribution is -2.55. The van der Waals surface area contributed by atoms with Gasteiger partial charge in [-0.2, -0.15) is 0 Å². The maximum Gasteiger partial charge on any atom is 0.317 e. The quantitative estimate of drug-likeness (QED) is 0.146. The zero-order valence-electron chi connectivity index (χ0n) is 24.1. The number of benzene rings is 1. The number of aliphatic carboxylic acids is 3. The Balaban J connectivity index is 2.27. The van der Waals surface area contributed by atoms with E-state index in [-0.39, 0.29) is 64.9 Å². The minimum absolute atomic E-state index is 0.0222. The van der Waals surface area contributed by atoms with Crippen molar-refractivity contribution in [1.82, 2.24) is 24.9 Å². The smallest absolute Gasteiger partial charge is 0.317 e. The van der Waals surface area contributed by atoms with E-state index in [9.17, 15) is 34.5 Å². The predicted octanol–water partition coefficient (Wildman–Crippen LogP) is -1.06. The second kappa shape index (κ2) is 19.9. The molecule has 2 rings (SSSR count). The fourth-order valence-corrected chi connectivity index (χ4v) is 4.69. The molecular weight excluding hydrogens is 550 g/mol. The first-order valence-corrected chi connectivity index (χ1v) is 14.2. The van der Waals surface area contributed by atoms with Gasteiger partial charge in [0.15, 0.2) is 0 Å². The molecule has 0 spiro atoms. The highest BCUT2D eigenvalue weighted by molar-refractivity contribution is 5.82. The monoisotopic (exact) mass is 595 g/mol. The summed E-state index contributed by atoms with van der Waals surface area (Å²) in [5.41, 5.74) is 0.944. The van der Waals surface area contributed by atoms with Crippen LogP contribution < -0.4 is 5.32 Å². The van der Waals surface area contributed by atoms with Crippen LogP contribution in [0.4, 0.5) is 0 Å². The number of aliphatic hydroxyl groups excluding tert-OH is 1. The molecule has 1 saturated heterocycles. The SMILES string of the molecule is O=C(O)CN1CCN(CC(=O)O)CCN(C(COCc2ccccc2)C(=O)NCCCCO)CCN(CC(=O)O)CC1. The zero-order valence-corrected chi connectivity index (χ0v) is 24.1. The lowest BCUT2D eigenvalue weighted by molar-refractivity contribution is -0.141. The van der Waals surface area contributed by atoms with Crippen LogP contribution in [0.5, 0.6) is 0 Å². The largest absolute Gasteiger partial charge is 0.480 e. The van der Waals surface area contributed by atoms with Crippen LogP contribution in [0.15, 0.2) is 30.3 Å². The molecule has 0 saturated carbocycles. The summed E-state index contributed by atoms with van der Waals surface area (Å²) < 4.78 is 5.97. The van der Waals surface area contributed by atoms with Gasteiger partial charge in [-0.3, -0.25) is 38.8 Å². The van der Waals surface area contributed by atoms with Crippen LogP contribution in [-0.2, 0) is 30.5 Å². The maximum absolute atomic E-state index is 13.4. The average molecular weight is 596 g/mol. The molecule has 0 aliphatic carbocycles. The molecule has 0 aromatic heterocycles. The van der Waals surface area contributed by atoms with E-state index < -0.39 is 23.9 Å². The summed E-state index contributed by atoms with van der Waals surface area (Å²) in [6.45, 7) is 2.34. The van der Waals surface area contributed by atoms with Crippen LogP contribution in [0.2, 0.25) is 0 Å². The van der Waals surface area contributed by atoms with Crippen molar-refractivity contribution in [3.63, 3.8) is 0 Å². The molecular formula is C28H45N5O9. The first-order chi connectivity index (χ1) is 20.2. The van der Waals surface area contributed by atoms with E-state index in [4.69, 9.17) is 9.84 Å². The number of amides is 1. The van der Waals surface area contributed by atoms with E-state index in [0.717, 1.165) is 5.56 Å². The van der Waals surface area contributed by atoms with E-state index in [1.165, 1.54) is 0 Å². The first-order valence-electron chi connectivity index (χ1n) is 14.2. The molecule has 42 heavy (non-hydrogen) atoms. The highest BCUT2D eigenvalue weighted by Gasteiger charge is 2.28. The van der Waals surface area contributed by atoms with Crippen molar-refractivity contribution in [2.75, 3.05) is 91.8 Å². The highest BCUT2D eigenvalue weighted by Crippen LogP contribution is 2.09. The first kappa shape index (κ1) is 35.1. The van der Waals surface area contributed by atoms with Crippen LogP contribution in [0.1, 0.15) is 18.4 Å². The highest BCUT2D eigenvalue weighted by atomic mass is 16.5. The summed E-state index contributed by atoms with van der Waals surface area (Å²) in [5, 5.41) is 40.3. The number of aliphatic hydroxyl groups is 1. The summed E-state index contributed by atoms with van der Waals surface area (Å²) in [6.07, 6.45) is 1.15. The van der Waals surface area contributed by atoms with Crippen LogP contribution in [-0.4, -0.2) is 162 Å². The lowest BCUT2D eigenvalue weighted by Gasteiger charge is -2.36. The minimum atomic E-state index is -1.02. The third-order valence-electron chi connectivity index (χ3n) is 6.96. The van der Waals surface area contributed by atoms with Gasteiger partial charge in [-0.15, -0.1) is 0 Å². The summed E-state index contributed by atoms with van der Waals surface area (Å²) in [7, 11) is 0. The van der Waals surface area contributed by atoms with Gasteiger partial charge in [0.25, 0.3) is 0 Å². The van der Waals surface area contributed by atoms with E-state index in [1.807, 2.05) is 35.2 Å². The second-order valence-corrected chi connectivity index (χ2v) is 10.3. The molecule has 1 aromatic rings. The number of nitrogens with one attached hydrogen (secondary N) is 1. The van der Waals surface area contributed by atoms with Crippen LogP contribution in [0.25, 0.3) is 0 Å². The number of carboxylic acid groups (broad SMARTS) is 3. The molecule has 1 unspecified atom stereocenters. The number of rotatable bonds is 16. The van der Waals surface area contributed by atoms with Crippen molar-refractivity contribution in [2.24, 2.45) is 0 Å². The standard InChI is InChI=1S/C28H45N5O9/c34-17-5-4-8-29-28(41)24(22-42-21-23-6-2-1-3-7-23)33-15-13-31(19-26(37)38)11-9-30(18-25(35)36)10-12-32(14-16-33)20-27(39)40/h1-3,6-7,24,34H,4-5,8-22H2,(H,29,41)(H,35,36)(H,37,38)(H,39,40). The maximum atomic E-state index is 13.4. The predicted molar refractivity (Wildman–Crippen MR) is 153 cm³/mol. The minimum Gasteiger partial charge on any atom is -0.480 e. The fraction of sp³-hybridized carbons (Fsp3) is 0.643. The third kappa shape index (κ3) is 14.7. The van der Waals surface area contributed by atoms with Gasteiger partial charge in [-0.25, -0.2) is 0 Å². The fourth-order valence-electron chi connectivity index (χ4n) is 4.69.